The molecule has 5 heteroatoms. The number of aromatic amines is 1. The predicted molar refractivity (Wildman–Crippen MR) is 69.1 cm³/mol. The van der Waals surface area contributed by atoms with Gasteiger partial charge in [-0.05, 0) is 5.56 Å². The topological polar surface area (TPSA) is 62.8 Å². The van der Waals surface area contributed by atoms with E-state index in [1.165, 1.54) is 11.9 Å². The SMILES string of the molecule is COCC(NCCc1ncn[nH]1)c1ccccc1. The maximum atomic E-state index is 5.25. The highest BCUT2D eigenvalue weighted by molar-refractivity contribution is 5.18. The van der Waals surface area contributed by atoms with E-state index >= 15 is 0 Å². The third-order valence-corrected chi connectivity index (χ3v) is 2.75. The summed E-state index contributed by atoms with van der Waals surface area (Å²) in [7, 11) is 1.72. The monoisotopic (exact) mass is 246 g/mol. The summed E-state index contributed by atoms with van der Waals surface area (Å²) in [5, 5.41) is 10.1. The van der Waals surface area contributed by atoms with Crippen molar-refractivity contribution in [2.75, 3.05) is 20.3 Å². The molecule has 0 radical (unpaired) electrons. The first-order valence-corrected chi connectivity index (χ1v) is 6.01. The van der Waals surface area contributed by atoms with Crippen LogP contribution in [0, 0.1) is 0 Å². The van der Waals surface area contributed by atoms with Gasteiger partial charge in [0.2, 0.25) is 0 Å². The van der Waals surface area contributed by atoms with E-state index in [4.69, 9.17) is 4.74 Å². The maximum Gasteiger partial charge on any atom is 0.137 e. The molecule has 0 fully saturated rings. The number of methoxy groups -OCH3 is 1. The fourth-order valence-corrected chi connectivity index (χ4v) is 1.84. The van der Waals surface area contributed by atoms with Crippen molar-refractivity contribution in [2.24, 2.45) is 0 Å². The zero-order valence-corrected chi connectivity index (χ0v) is 10.5. The Morgan fingerprint density at radius 1 is 1.33 bits per heavy atom. The van der Waals surface area contributed by atoms with Crippen LogP contribution in [0.25, 0.3) is 0 Å². The summed E-state index contributed by atoms with van der Waals surface area (Å²) in [5.74, 6) is 0.895. The molecule has 2 rings (SSSR count). The summed E-state index contributed by atoms with van der Waals surface area (Å²) in [6.45, 7) is 1.48. The summed E-state index contributed by atoms with van der Waals surface area (Å²) in [6.07, 6.45) is 2.35. The molecule has 1 aromatic heterocycles. The number of nitrogens with zero attached hydrogens (tertiary/aromatic N) is 2. The molecule has 1 aromatic carbocycles. The van der Waals surface area contributed by atoms with Crippen LogP contribution >= 0.6 is 0 Å². The largest absolute Gasteiger partial charge is 0.383 e. The average molecular weight is 246 g/mol. The second-order valence-corrected chi connectivity index (χ2v) is 4.05. The minimum Gasteiger partial charge on any atom is -0.383 e. The summed E-state index contributed by atoms with van der Waals surface area (Å²) in [6, 6.07) is 10.5. The van der Waals surface area contributed by atoms with Crippen LogP contribution in [0.1, 0.15) is 17.4 Å². The van der Waals surface area contributed by atoms with Gasteiger partial charge in [0.25, 0.3) is 0 Å². The number of hydrogen-bond acceptors (Lipinski definition) is 4. The van der Waals surface area contributed by atoms with Gasteiger partial charge < -0.3 is 10.1 Å². The van der Waals surface area contributed by atoms with Gasteiger partial charge in [-0.1, -0.05) is 30.3 Å². The first-order valence-electron chi connectivity index (χ1n) is 6.01. The van der Waals surface area contributed by atoms with Crippen molar-refractivity contribution in [3.05, 3.63) is 48.0 Å². The van der Waals surface area contributed by atoms with Crippen LogP contribution in [-0.2, 0) is 11.2 Å². The first kappa shape index (κ1) is 12.7. The molecular formula is C13H18N4O. The molecule has 0 saturated carbocycles. The van der Waals surface area contributed by atoms with Crippen molar-refractivity contribution in [1.82, 2.24) is 20.5 Å². The van der Waals surface area contributed by atoms with Gasteiger partial charge in [-0.3, -0.25) is 5.10 Å². The molecule has 5 nitrogen and oxygen atoms in total. The Labute approximate surface area is 107 Å². The molecule has 0 bridgehead atoms. The Kier molecular flexibility index (Phi) is 4.87. The average Bonchev–Trinajstić information content (AvgIpc) is 2.92. The molecule has 1 atom stereocenters. The number of ether oxygens (including phenoxy) is 1. The summed E-state index contributed by atoms with van der Waals surface area (Å²) >= 11 is 0. The first-order chi connectivity index (χ1) is 8.90. The van der Waals surface area contributed by atoms with E-state index in [1.54, 1.807) is 7.11 Å². The number of hydrogen-bond donors (Lipinski definition) is 2. The zero-order valence-electron chi connectivity index (χ0n) is 10.5. The maximum absolute atomic E-state index is 5.25. The van der Waals surface area contributed by atoms with Crippen molar-refractivity contribution < 1.29 is 4.74 Å². The van der Waals surface area contributed by atoms with Crippen LogP contribution in [0.5, 0.6) is 0 Å². The second kappa shape index (κ2) is 6.88. The summed E-state index contributed by atoms with van der Waals surface area (Å²) < 4.78 is 5.25. The third kappa shape index (κ3) is 3.65. The van der Waals surface area contributed by atoms with E-state index in [-0.39, 0.29) is 6.04 Å². The molecule has 2 aromatic rings. The van der Waals surface area contributed by atoms with E-state index < -0.39 is 0 Å². The van der Waals surface area contributed by atoms with E-state index in [0.29, 0.717) is 6.61 Å². The zero-order chi connectivity index (χ0) is 12.6. The van der Waals surface area contributed by atoms with Crippen LogP contribution < -0.4 is 5.32 Å². The molecule has 0 amide bonds. The smallest absolute Gasteiger partial charge is 0.137 e. The molecule has 0 spiro atoms. The second-order valence-electron chi connectivity index (χ2n) is 4.05. The molecule has 0 aliphatic heterocycles. The van der Waals surface area contributed by atoms with Crippen LogP contribution in [0.4, 0.5) is 0 Å². The van der Waals surface area contributed by atoms with Crippen molar-refractivity contribution in [3.8, 4) is 0 Å². The molecule has 18 heavy (non-hydrogen) atoms. The van der Waals surface area contributed by atoms with E-state index in [9.17, 15) is 0 Å². The van der Waals surface area contributed by atoms with Gasteiger partial charge in [0.15, 0.2) is 0 Å². The van der Waals surface area contributed by atoms with Gasteiger partial charge in [-0.15, -0.1) is 0 Å². The Hall–Kier alpha value is -1.72. The van der Waals surface area contributed by atoms with Gasteiger partial charge in [0, 0.05) is 20.1 Å². The molecule has 2 N–H and O–H groups in total. The Morgan fingerprint density at radius 3 is 2.83 bits per heavy atom. The van der Waals surface area contributed by atoms with Crippen LogP contribution in [0.3, 0.4) is 0 Å². The highest BCUT2D eigenvalue weighted by Crippen LogP contribution is 2.12. The number of rotatable bonds is 7. The van der Waals surface area contributed by atoms with Gasteiger partial charge in [0.05, 0.1) is 12.6 Å². The molecule has 1 heterocycles. The Morgan fingerprint density at radius 2 is 2.17 bits per heavy atom. The lowest BCUT2D eigenvalue weighted by Gasteiger charge is -2.18. The van der Waals surface area contributed by atoms with Crippen molar-refractivity contribution in [3.63, 3.8) is 0 Å². The molecule has 0 aliphatic rings. The molecule has 1 unspecified atom stereocenters. The highest BCUT2D eigenvalue weighted by atomic mass is 16.5. The van der Waals surface area contributed by atoms with Crippen LogP contribution in [0.15, 0.2) is 36.7 Å². The number of H-pyrrole nitrogens is 1. The van der Waals surface area contributed by atoms with Crippen LogP contribution in [-0.4, -0.2) is 35.4 Å². The predicted octanol–water partition coefficient (Wildman–Crippen LogP) is 1.32. The quantitative estimate of drug-likeness (QED) is 0.773. The fourth-order valence-electron chi connectivity index (χ4n) is 1.84. The van der Waals surface area contributed by atoms with Gasteiger partial charge in [-0.25, -0.2) is 4.98 Å². The Balaban J connectivity index is 1.87. The Bertz CT molecular complexity index is 430. The minimum atomic E-state index is 0.208. The summed E-state index contributed by atoms with van der Waals surface area (Å²) in [5.41, 5.74) is 1.23. The normalized spacial score (nSPS) is 12.5. The highest BCUT2D eigenvalue weighted by Gasteiger charge is 2.09. The lowest BCUT2D eigenvalue weighted by molar-refractivity contribution is 0.167. The molecule has 0 aliphatic carbocycles. The lowest BCUT2D eigenvalue weighted by atomic mass is 10.1. The number of benzene rings is 1. The standard InChI is InChI=1S/C13H18N4O/c1-18-9-12(11-5-3-2-4-6-11)14-8-7-13-15-10-16-17-13/h2-6,10,12,14H,7-9H2,1H3,(H,15,16,17). The van der Waals surface area contributed by atoms with Gasteiger partial charge >= 0.3 is 0 Å². The van der Waals surface area contributed by atoms with Crippen molar-refractivity contribution in [1.29, 1.82) is 0 Å². The minimum absolute atomic E-state index is 0.208. The lowest BCUT2D eigenvalue weighted by Crippen LogP contribution is -2.27. The van der Waals surface area contributed by atoms with Gasteiger partial charge in [0.1, 0.15) is 12.2 Å². The number of nitrogens with one attached hydrogen (secondary N) is 2. The van der Waals surface area contributed by atoms with Crippen molar-refractivity contribution >= 4 is 0 Å². The summed E-state index contributed by atoms with van der Waals surface area (Å²) in [4.78, 5) is 4.09. The fraction of sp³-hybridized carbons (Fsp3) is 0.385. The van der Waals surface area contributed by atoms with Crippen LogP contribution in [0.2, 0.25) is 0 Å². The van der Waals surface area contributed by atoms with E-state index in [1.807, 2.05) is 18.2 Å². The van der Waals surface area contributed by atoms with Crippen molar-refractivity contribution in [2.45, 2.75) is 12.5 Å². The number of aromatic nitrogens is 3. The molecule has 0 saturated heterocycles. The van der Waals surface area contributed by atoms with Gasteiger partial charge in [-0.2, -0.15) is 5.10 Å². The molecule has 96 valence electrons. The van der Waals surface area contributed by atoms with E-state index in [2.05, 4.69) is 32.6 Å². The third-order valence-electron chi connectivity index (χ3n) is 2.75. The van der Waals surface area contributed by atoms with E-state index in [0.717, 1.165) is 18.8 Å². The molecular weight excluding hydrogens is 228 g/mol.